The van der Waals surface area contributed by atoms with Crippen LogP contribution in [0.1, 0.15) is 29.8 Å². The van der Waals surface area contributed by atoms with Gasteiger partial charge in [0.05, 0.1) is 6.10 Å². The van der Waals surface area contributed by atoms with Gasteiger partial charge in [0.25, 0.3) is 5.91 Å². The Hall–Kier alpha value is -2.53. The normalized spacial score (nSPS) is 14.6. The Morgan fingerprint density at radius 3 is 2.32 bits per heavy atom. The lowest BCUT2D eigenvalue weighted by Gasteiger charge is -2.36. The van der Waals surface area contributed by atoms with Crippen molar-refractivity contribution in [1.29, 1.82) is 0 Å². The fraction of sp³-hybridized carbons (Fsp3) is 0.435. The second-order valence-corrected chi connectivity index (χ2v) is 7.88. The second-order valence-electron chi connectivity index (χ2n) is 7.88. The number of hydrogen-bond acceptors (Lipinski definition) is 4. The van der Waals surface area contributed by atoms with E-state index in [2.05, 4.69) is 48.2 Å². The molecular formula is C23H31N3O2. The van der Waals surface area contributed by atoms with E-state index < -0.39 is 0 Å². The number of ether oxygens (including phenoxy) is 1. The van der Waals surface area contributed by atoms with Gasteiger partial charge in [0.15, 0.2) is 0 Å². The van der Waals surface area contributed by atoms with E-state index in [4.69, 9.17) is 4.74 Å². The minimum Gasteiger partial charge on any atom is -0.491 e. The van der Waals surface area contributed by atoms with Gasteiger partial charge >= 0.3 is 0 Å². The molecule has 3 rings (SSSR count). The zero-order chi connectivity index (χ0) is 20.1. The standard InChI is InChI=1S/C23H31N3O2/c1-18(2)28-22-10-8-20(9-11-22)23(27)26-14-12-25(13-15-26)21-7-5-6-19(16-21)17-24(3)4/h5-11,16,18H,12-15,17H2,1-4H3. The maximum atomic E-state index is 12.8. The van der Waals surface area contributed by atoms with Crippen LogP contribution in [0.4, 0.5) is 5.69 Å². The number of piperazine rings is 1. The van der Waals surface area contributed by atoms with E-state index >= 15 is 0 Å². The van der Waals surface area contributed by atoms with Gasteiger partial charge in [-0.15, -0.1) is 0 Å². The lowest BCUT2D eigenvalue weighted by atomic mass is 10.1. The molecule has 1 saturated heterocycles. The zero-order valence-electron chi connectivity index (χ0n) is 17.4. The van der Waals surface area contributed by atoms with Gasteiger partial charge in [0, 0.05) is 44.0 Å². The average Bonchev–Trinajstić information content (AvgIpc) is 2.67. The van der Waals surface area contributed by atoms with Gasteiger partial charge in [-0.3, -0.25) is 4.79 Å². The number of benzene rings is 2. The van der Waals surface area contributed by atoms with Crippen molar-refractivity contribution in [3.63, 3.8) is 0 Å². The van der Waals surface area contributed by atoms with Gasteiger partial charge in [0.1, 0.15) is 5.75 Å². The largest absolute Gasteiger partial charge is 0.491 e. The highest BCUT2D eigenvalue weighted by Gasteiger charge is 2.22. The molecule has 0 radical (unpaired) electrons. The van der Waals surface area contributed by atoms with E-state index in [1.54, 1.807) is 0 Å². The molecule has 0 spiro atoms. The molecule has 0 bridgehead atoms. The number of hydrogen-bond donors (Lipinski definition) is 0. The molecule has 1 aliphatic heterocycles. The van der Waals surface area contributed by atoms with Crippen molar-refractivity contribution in [1.82, 2.24) is 9.80 Å². The van der Waals surface area contributed by atoms with Crippen molar-refractivity contribution in [3.05, 3.63) is 59.7 Å². The Balaban J connectivity index is 1.58. The van der Waals surface area contributed by atoms with Crippen molar-refractivity contribution in [2.75, 3.05) is 45.2 Å². The molecule has 28 heavy (non-hydrogen) atoms. The van der Waals surface area contributed by atoms with Crippen LogP contribution in [0.15, 0.2) is 48.5 Å². The lowest BCUT2D eigenvalue weighted by Crippen LogP contribution is -2.48. The molecule has 5 nitrogen and oxygen atoms in total. The maximum Gasteiger partial charge on any atom is 0.253 e. The number of carbonyl (C=O) groups excluding carboxylic acids is 1. The molecule has 0 aliphatic carbocycles. The van der Waals surface area contributed by atoms with Crippen molar-refractivity contribution < 1.29 is 9.53 Å². The van der Waals surface area contributed by atoms with Gasteiger partial charge in [-0.2, -0.15) is 0 Å². The number of rotatable bonds is 6. The fourth-order valence-electron chi connectivity index (χ4n) is 3.52. The Bertz CT molecular complexity index is 779. The summed E-state index contributed by atoms with van der Waals surface area (Å²) in [5, 5.41) is 0. The number of amides is 1. The number of nitrogens with zero attached hydrogens (tertiary/aromatic N) is 3. The highest BCUT2D eigenvalue weighted by molar-refractivity contribution is 5.94. The summed E-state index contributed by atoms with van der Waals surface area (Å²) in [5.74, 6) is 0.895. The number of anilines is 1. The van der Waals surface area contributed by atoms with Crippen molar-refractivity contribution >= 4 is 11.6 Å². The Morgan fingerprint density at radius 2 is 1.71 bits per heavy atom. The topological polar surface area (TPSA) is 36.0 Å². The van der Waals surface area contributed by atoms with Gasteiger partial charge in [0.2, 0.25) is 0 Å². The number of carbonyl (C=O) groups is 1. The van der Waals surface area contributed by atoms with Crippen LogP contribution < -0.4 is 9.64 Å². The summed E-state index contributed by atoms with van der Waals surface area (Å²) in [7, 11) is 4.16. The Labute approximate surface area is 168 Å². The quantitative estimate of drug-likeness (QED) is 0.767. The first kappa shape index (κ1) is 20.2. The van der Waals surface area contributed by atoms with E-state index in [1.165, 1.54) is 11.3 Å². The van der Waals surface area contributed by atoms with E-state index in [1.807, 2.05) is 43.0 Å². The van der Waals surface area contributed by atoms with E-state index in [0.29, 0.717) is 0 Å². The first-order valence-electron chi connectivity index (χ1n) is 9.97. The van der Waals surface area contributed by atoms with Crippen LogP contribution in [0, 0.1) is 0 Å². The SMILES string of the molecule is CC(C)Oc1ccc(C(=O)N2CCN(c3cccc(CN(C)C)c3)CC2)cc1. The van der Waals surface area contributed by atoms with E-state index in [0.717, 1.165) is 44.0 Å². The lowest BCUT2D eigenvalue weighted by molar-refractivity contribution is 0.0746. The molecule has 1 amide bonds. The molecule has 5 heteroatoms. The van der Waals surface area contributed by atoms with E-state index in [-0.39, 0.29) is 12.0 Å². The zero-order valence-corrected chi connectivity index (χ0v) is 17.4. The van der Waals surface area contributed by atoms with Gasteiger partial charge in [-0.1, -0.05) is 12.1 Å². The van der Waals surface area contributed by atoms with Crippen LogP contribution in [0.2, 0.25) is 0 Å². The minimum atomic E-state index is 0.0945. The molecule has 0 saturated carbocycles. The molecular weight excluding hydrogens is 350 g/mol. The van der Waals surface area contributed by atoms with Crippen LogP contribution in [-0.4, -0.2) is 62.1 Å². The molecule has 0 N–H and O–H groups in total. The van der Waals surface area contributed by atoms with Gasteiger partial charge in [-0.25, -0.2) is 0 Å². The molecule has 1 heterocycles. The molecule has 0 aromatic heterocycles. The Morgan fingerprint density at radius 1 is 1.04 bits per heavy atom. The molecule has 0 atom stereocenters. The summed E-state index contributed by atoms with van der Waals surface area (Å²) >= 11 is 0. The predicted molar refractivity (Wildman–Crippen MR) is 114 cm³/mol. The third-order valence-corrected chi connectivity index (χ3v) is 4.81. The molecule has 150 valence electrons. The predicted octanol–water partition coefficient (Wildman–Crippen LogP) is 3.50. The van der Waals surface area contributed by atoms with Crippen molar-refractivity contribution in [2.45, 2.75) is 26.5 Å². The van der Waals surface area contributed by atoms with Crippen molar-refractivity contribution in [2.24, 2.45) is 0 Å². The molecule has 1 aliphatic rings. The fourth-order valence-corrected chi connectivity index (χ4v) is 3.52. The van der Waals surface area contributed by atoms with Crippen LogP contribution in [0.25, 0.3) is 0 Å². The van der Waals surface area contributed by atoms with Gasteiger partial charge in [-0.05, 0) is 69.9 Å². The smallest absolute Gasteiger partial charge is 0.253 e. The first-order valence-corrected chi connectivity index (χ1v) is 9.97. The third kappa shape index (κ3) is 5.26. The van der Waals surface area contributed by atoms with Crippen LogP contribution in [-0.2, 0) is 6.54 Å². The maximum absolute atomic E-state index is 12.8. The van der Waals surface area contributed by atoms with Crippen LogP contribution in [0.5, 0.6) is 5.75 Å². The monoisotopic (exact) mass is 381 g/mol. The van der Waals surface area contributed by atoms with E-state index in [9.17, 15) is 4.79 Å². The second kappa shape index (κ2) is 9.11. The summed E-state index contributed by atoms with van der Waals surface area (Å²) in [6.45, 7) is 8.10. The summed E-state index contributed by atoms with van der Waals surface area (Å²) in [4.78, 5) is 19.3. The molecule has 0 unspecified atom stereocenters. The first-order chi connectivity index (χ1) is 13.4. The summed E-state index contributed by atoms with van der Waals surface area (Å²) in [6, 6.07) is 16.2. The molecule has 2 aromatic carbocycles. The minimum absolute atomic E-state index is 0.0945. The molecule has 2 aromatic rings. The summed E-state index contributed by atoms with van der Waals surface area (Å²) < 4.78 is 5.66. The van der Waals surface area contributed by atoms with Crippen LogP contribution >= 0.6 is 0 Å². The summed E-state index contributed by atoms with van der Waals surface area (Å²) in [6.07, 6.45) is 0.130. The average molecular weight is 382 g/mol. The molecule has 1 fully saturated rings. The Kier molecular flexibility index (Phi) is 6.57. The summed E-state index contributed by atoms with van der Waals surface area (Å²) in [5.41, 5.74) is 3.27. The van der Waals surface area contributed by atoms with Crippen LogP contribution in [0.3, 0.4) is 0 Å². The highest BCUT2D eigenvalue weighted by Crippen LogP contribution is 2.20. The highest BCUT2D eigenvalue weighted by atomic mass is 16.5. The van der Waals surface area contributed by atoms with Crippen molar-refractivity contribution in [3.8, 4) is 5.75 Å². The van der Waals surface area contributed by atoms with Gasteiger partial charge < -0.3 is 19.4 Å². The third-order valence-electron chi connectivity index (χ3n) is 4.81.